The highest BCUT2D eigenvalue weighted by Crippen LogP contribution is 2.27. The van der Waals surface area contributed by atoms with E-state index in [-0.39, 0.29) is 5.75 Å². The number of carboxylic acids is 1. The van der Waals surface area contributed by atoms with Crippen molar-refractivity contribution in [2.75, 3.05) is 5.75 Å². The average Bonchev–Trinajstić information content (AvgIpc) is 2.54. The number of aliphatic carboxylic acids is 1. The zero-order valence-electron chi connectivity index (χ0n) is 9.51. The topological polar surface area (TPSA) is 71.4 Å². The van der Waals surface area contributed by atoms with Gasteiger partial charge in [-0.2, -0.15) is 0 Å². The van der Waals surface area contributed by atoms with Crippen molar-refractivity contribution in [3.8, 4) is 0 Å². The van der Waals surface area contributed by atoms with Gasteiger partial charge in [0, 0.05) is 0 Å². The van der Waals surface area contributed by atoms with Crippen molar-refractivity contribution in [2.45, 2.75) is 24.7 Å². The number of hydrogen-bond donors (Lipinski definition) is 1. The fraction of sp³-hybridized carbons (Fsp3) is 0.417. The van der Waals surface area contributed by atoms with Crippen LogP contribution in [0, 0.1) is 5.92 Å². The second-order valence-electron chi connectivity index (χ2n) is 4.45. The summed E-state index contributed by atoms with van der Waals surface area (Å²) in [6.45, 7) is 1.65. The maximum Gasteiger partial charge on any atom is 0.306 e. The third kappa shape index (κ3) is 2.34. The third-order valence-corrected chi connectivity index (χ3v) is 4.87. The van der Waals surface area contributed by atoms with Crippen LogP contribution in [0.1, 0.15) is 18.1 Å². The summed E-state index contributed by atoms with van der Waals surface area (Å²) in [6.07, 6.45) is 0.968. The van der Waals surface area contributed by atoms with Crippen molar-refractivity contribution >= 4 is 15.8 Å². The van der Waals surface area contributed by atoms with Gasteiger partial charge in [-0.15, -0.1) is 0 Å². The second kappa shape index (κ2) is 4.14. The molecule has 0 saturated heterocycles. The predicted molar refractivity (Wildman–Crippen MR) is 62.7 cm³/mol. The van der Waals surface area contributed by atoms with Gasteiger partial charge in [-0.1, -0.05) is 19.1 Å². The monoisotopic (exact) mass is 254 g/mol. The molecule has 0 spiro atoms. The van der Waals surface area contributed by atoms with Crippen molar-refractivity contribution in [3.63, 3.8) is 0 Å². The van der Waals surface area contributed by atoms with E-state index in [1.54, 1.807) is 19.1 Å². The van der Waals surface area contributed by atoms with Crippen LogP contribution < -0.4 is 0 Å². The Balaban J connectivity index is 2.28. The fourth-order valence-corrected chi connectivity index (χ4v) is 3.60. The van der Waals surface area contributed by atoms with Crippen molar-refractivity contribution in [2.24, 2.45) is 5.92 Å². The van der Waals surface area contributed by atoms with Gasteiger partial charge in [-0.05, 0) is 30.0 Å². The molecule has 2 rings (SSSR count). The SMILES string of the molecule is CC(Cc1ccc2c(c1)CCS2(=O)=O)C(=O)O. The van der Waals surface area contributed by atoms with Crippen molar-refractivity contribution in [1.82, 2.24) is 0 Å². The maximum absolute atomic E-state index is 11.6. The summed E-state index contributed by atoms with van der Waals surface area (Å²) in [4.78, 5) is 11.2. The third-order valence-electron chi connectivity index (χ3n) is 3.06. The lowest BCUT2D eigenvalue weighted by atomic mass is 9.99. The molecule has 1 aromatic carbocycles. The Labute approximate surface area is 100 Å². The summed E-state index contributed by atoms with van der Waals surface area (Å²) in [5.41, 5.74) is 1.70. The molecule has 5 heteroatoms. The van der Waals surface area contributed by atoms with Gasteiger partial charge in [0.2, 0.25) is 0 Å². The minimum absolute atomic E-state index is 0.167. The molecule has 1 atom stereocenters. The van der Waals surface area contributed by atoms with Gasteiger partial charge < -0.3 is 5.11 Å². The first-order chi connectivity index (χ1) is 7.90. The zero-order valence-corrected chi connectivity index (χ0v) is 10.3. The first kappa shape index (κ1) is 12.1. The Morgan fingerprint density at radius 1 is 1.47 bits per heavy atom. The first-order valence-electron chi connectivity index (χ1n) is 5.47. The molecule has 0 radical (unpaired) electrons. The second-order valence-corrected chi connectivity index (χ2v) is 6.53. The van der Waals surface area contributed by atoms with Gasteiger partial charge in [0.05, 0.1) is 16.6 Å². The van der Waals surface area contributed by atoms with Crippen LogP contribution in [0.3, 0.4) is 0 Å². The van der Waals surface area contributed by atoms with Gasteiger partial charge in [0.15, 0.2) is 9.84 Å². The Morgan fingerprint density at radius 3 is 2.82 bits per heavy atom. The molecule has 4 nitrogen and oxygen atoms in total. The number of benzene rings is 1. The van der Waals surface area contributed by atoms with E-state index in [0.29, 0.717) is 17.7 Å². The van der Waals surface area contributed by atoms with Crippen molar-refractivity contribution in [1.29, 1.82) is 0 Å². The molecule has 1 heterocycles. The lowest BCUT2D eigenvalue weighted by Crippen LogP contribution is -2.12. The standard InChI is InChI=1S/C12H14O4S/c1-8(12(13)14)6-9-2-3-11-10(7-9)4-5-17(11,15)16/h2-3,7-8H,4-6H2,1H3,(H,13,14). The van der Waals surface area contributed by atoms with Crippen molar-refractivity contribution < 1.29 is 18.3 Å². The molecule has 92 valence electrons. The van der Waals surface area contributed by atoms with Crippen LogP contribution in [0.2, 0.25) is 0 Å². The molecule has 0 aromatic heterocycles. The van der Waals surface area contributed by atoms with E-state index in [9.17, 15) is 13.2 Å². The maximum atomic E-state index is 11.6. The number of hydrogen-bond acceptors (Lipinski definition) is 3. The molecule has 0 fully saturated rings. The molecule has 1 aromatic rings. The number of rotatable bonds is 3. The number of fused-ring (bicyclic) bond motifs is 1. The van der Waals surface area contributed by atoms with E-state index in [0.717, 1.165) is 11.1 Å². The number of sulfone groups is 1. The molecule has 0 aliphatic carbocycles. The minimum Gasteiger partial charge on any atom is -0.481 e. The molecule has 1 unspecified atom stereocenters. The Bertz CT molecular complexity index is 560. The Morgan fingerprint density at radius 2 is 2.18 bits per heavy atom. The van der Waals surface area contributed by atoms with E-state index in [2.05, 4.69) is 0 Å². The van der Waals surface area contributed by atoms with E-state index >= 15 is 0 Å². The molecule has 0 saturated carbocycles. The van der Waals surface area contributed by atoms with Crippen LogP contribution in [-0.2, 0) is 27.5 Å². The van der Waals surface area contributed by atoms with E-state index < -0.39 is 21.7 Å². The summed E-state index contributed by atoms with van der Waals surface area (Å²) < 4.78 is 23.2. The van der Waals surface area contributed by atoms with Crippen molar-refractivity contribution in [3.05, 3.63) is 29.3 Å². The number of carbonyl (C=O) groups is 1. The van der Waals surface area contributed by atoms with E-state index in [4.69, 9.17) is 5.11 Å². The molecule has 1 aliphatic heterocycles. The molecule has 0 bridgehead atoms. The normalized spacial score (nSPS) is 18.6. The Kier molecular flexibility index (Phi) is 2.95. The summed E-state index contributed by atoms with van der Waals surface area (Å²) in [5, 5.41) is 8.82. The largest absolute Gasteiger partial charge is 0.481 e. The van der Waals surface area contributed by atoms with Gasteiger partial charge in [-0.3, -0.25) is 4.79 Å². The van der Waals surface area contributed by atoms with Gasteiger partial charge in [-0.25, -0.2) is 8.42 Å². The highest BCUT2D eigenvalue weighted by molar-refractivity contribution is 7.91. The fourth-order valence-electron chi connectivity index (χ4n) is 2.05. The van der Waals surface area contributed by atoms with Gasteiger partial charge in [0.1, 0.15) is 0 Å². The van der Waals surface area contributed by atoms with Crippen LogP contribution in [0.4, 0.5) is 0 Å². The number of carboxylic acid groups (broad SMARTS) is 1. The molecular weight excluding hydrogens is 240 g/mol. The molecule has 0 amide bonds. The molecule has 1 N–H and O–H groups in total. The first-order valence-corrected chi connectivity index (χ1v) is 7.13. The van der Waals surface area contributed by atoms with Crippen LogP contribution in [0.5, 0.6) is 0 Å². The molecule has 17 heavy (non-hydrogen) atoms. The summed E-state index contributed by atoms with van der Waals surface area (Å²) in [6, 6.07) is 5.13. The quantitative estimate of drug-likeness (QED) is 0.882. The molecular formula is C12H14O4S. The van der Waals surface area contributed by atoms with Gasteiger partial charge >= 0.3 is 5.97 Å². The van der Waals surface area contributed by atoms with Crippen LogP contribution in [-0.4, -0.2) is 25.2 Å². The Hall–Kier alpha value is -1.36. The lowest BCUT2D eigenvalue weighted by Gasteiger charge is -2.07. The highest BCUT2D eigenvalue weighted by Gasteiger charge is 2.26. The summed E-state index contributed by atoms with van der Waals surface area (Å²) in [5.74, 6) is -1.12. The van der Waals surface area contributed by atoms with Gasteiger partial charge in [0.25, 0.3) is 0 Å². The molecule has 1 aliphatic rings. The minimum atomic E-state index is -3.08. The highest BCUT2D eigenvalue weighted by atomic mass is 32.2. The van der Waals surface area contributed by atoms with Crippen LogP contribution in [0.25, 0.3) is 0 Å². The van der Waals surface area contributed by atoms with Crippen LogP contribution in [0.15, 0.2) is 23.1 Å². The summed E-state index contributed by atoms with van der Waals surface area (Å²) in [7, 11) is -3.08. The smallest absolute Gasteiger partial charge is 0.306 e. The van der Waals surface area contributed by atoms with E-state index in [1.165, 1.54) is 0 Å². The average molecular weight is 254 g/mol. The summed E-state index contributed by atoms with van der Waals surface area (Å²) >= 11 is 0. The zero-order chi connectivity index (χ0) is 12.6. The lowest BCUT2D eigenvalue weighted by molar-refractivity contribution is -0.141. The number of aryl methyl sites for hydroxylation is 1. The van der Waals surface area contributed by atoms with Crippen LogP contribution >= 0.6 is 0 Å². The predicted octanol–water partition coefficient (Wildman–Crippen LogP) is 1.28. The van der Waals surface area contributed by atoms with E-state index in [1.807, 2.05) is 6.07 Å².